The predicted octanol–water partition coefficient (Wildman–Crippen LogP) is 1.05. The number of hydrogen-bond donors (Lipinski definition) is 1. The van der Waals surface area contributed by atoms with E-state index in [1.165, 1.54) is 19.3 Å². The van der Waals surface area contributed by atoms with Crippen LogP contribution in [0.1, 0.15) is 45.4 Å². The second-order valence-electron chi connectivity index (χ2n) is 5.22. The standard InChI is InChI=1S/C13H26N6/c1-3-5-10-19-13(15-16-17-19)11-18(4-2)12-6-8-14-9-7-12/h12,14H,3-11H2,1-2H3. The van der Waals surface area contributed by atoms with Gasteiger partial charge in [0.15, 0.2) is 5.82 Å². The van der Waals surface area contributed by atoms with Crippen LogP contribution in [0.2, 0.25) is 0 Å². The molecule has 1 aromatic rings. The molecule has 1 N–H and O–H groups in total. The summed E-state index contributed by atoms with van der Waals surface area (Å²) in [7, 11) is 0. The molecule has 0 saturated carbocycles. The summed E-state index contributed by atoms with van der Waals surface area (Å²) in [6.45, 7) is 9.54. The van der Waals surface area contributed by atoms with Crippen LogP contribution in [0.5, 0.6) is 0 Å². The van der Waals surface area contributed by atoms with Gasteiger partial charge in [0.25, 0.3) is 0 Å². The SMILES string of the molecule is CCCCn1nnnc1CN(CC)C1CCNCC1. The Morgan fingerprint density at radius 1 is 1.32 bits per heavy atom. The van der Waals surface area contributed by atoms with Crippen LogP contribution < -0.4 is 5.32 Å². The van der Waals surface area contributed by atoms with Crippen molar-refractivity contribution in [3.8, 4) is 0 Å². The average molecular weight is 266 g/mol. The number of piperidine rings is 1. The first-order valence-corrected chi connectivity index (χ1v) is 7.55. The van der Waals surface area contributed by atoms with Gasteiger partial charge in [-0.3, -0.25) is 4.90 Å². The second kappa shape index (κ2) is 7.55. The fraction of sp³-hybridized carbons (Fsp3) is 0.923. The summed E-state index contributed by atoms with van der Waals surface area (Å²) < 4.78 is 1.97. The van der Waals surface area contributed by atoms with Crippen molar-refractivity contribution in [2.75, 3.05) is 19.6 Å². The number of rotatable bonds is 7. The number of aromatic nitrogens is 4. The lowest BCUT2D eigenvalue weighted by Gasteiger charge is -2.33. The molecule has 0 atom stereocenters. The van der Waals surface area contributed by atoms with E-state index >= 15 is 0 Å². The second-order valence-corrected chi connectivity index (χ2v) is 5.22. The summed E-state index contributed by atoms with van der Waals surface area (Å²) >= 11 is 0. The summed E-state index contributed by atoms with van der Waals surface area (Å²) in [5.74, 6) is 1.01. The first-order chi connectivity index (χ1) is 9.35. The van der Waals surface area contributed by atoms with E-state index in [1.807, 2.05) is 4.68 Å². The van der Waals surface area contributed by atoms with E-state index in [9.17, 15) is 0 Å². The first-order valence-electron chi connectivity index (χ1n) is 7.55. The van der Waals surface area contributed by atoms with Crippen LogP contribution in [-0.2, 0) is 13.1 Å². The molecule has 2 heterocycles. The number of tetrazole rings is 1. The molecular weight excluding hydrogens is 240 g/mol. The number of aryl methyl sites for hydroxylation is 1. The molecule has 0 aromatic carbocycles. The molecule has 0 amide bonds. The van der Waals surface area contributed by atoms with Gasteiger partial charge in [0.05, 0.1) is 6.54 Å². The van der Waals surface area contributed by atoms with Crippen molar-refractivity contribution in [3.63, 3.8) is 0 Å². The number of unbranched alkanes of at least 4 members (excludes halogenated alkanes) is 1. The van der Waals surface area contributed by atoms with Gasteiger partial charge < -0.3 is 5.32 Å². The molecule has 1 fully saturated rings. The molecule has 108 valence electrons. The molecule has 2 rings (SSSR count). The van der Waals surface area contributed by atoms with Gasteiger partial charge in [0, 0.05) is 12.6 Å². The highest BCUT2D eigenvalue weighted by atomic mass is 15.5. The fourth-order valence-corrected chi connectivity index (χ4v) is 2.67. The van der Waals surface area contributed by atoms with Gasteiger partial charge in [-0.15, -0.1) is 5.10 Å². The van der Waals surface area contributed by atoms with Crippen molar-refractivity contribution < 1.29 is 0 Å². The maximum absolute atomic E-state index is 4.20. The molecule has 1 aliphatic rings. The summed E-state index contributed by atoms with van der Waals surface area (Å²) in [4.78, 5) is 2.51. The molecule has 0 bridgehead atoms. The lowest BCUT2D eigenvalue weighted by Crippen LogP contribution is -2.43. The third-order valence-electron chi connectivity index (χ3n) is 3.91. The van der Waals surface area contributed by atoms with Crippen molar-refractivity contribution in [1.82, 2.24) is 30.4 Å². The Morgan fingerprint density at radius 2 is 2.11 bits per heavy atom. The van der Waals surface area contributed by atoms with Crippen molar-refractivity contribution in [1.29, 1.82) is 0 Å². The molecule has 0 radical (unpaired) electrons. The molecule has 19 heavy (non-hydrogen) atoms. The molecule has 1 saturated heterocycles. The average Bonchev–Trinajstić information content (AvgIpc) is 2.90. The third-order valence-corrected chi connectivity index (χ3v) is 3.91. The largest absolute Gasteiger partial charge is 0.317 e. The van der Waals surface area contributed by atoms with Crippen molar-refractivity contribution in [2.45, 2.75) is 58.7 Å². The van der Waals surface area contributed by atoms with E-state index in [4.69, 9.17) is 0 Å². The predicted molar refractivity (Wildman–Crippen MR) is 74.7 cm³/mol. The van der Waals surface area contributed by atoms with Crippen LogP contribution in [0.4, 0.5) is 0 Å². The number of nitrogens with zero attached hydrogens (tertiary/aromatic N) is 5. The molecule has 1 aromatic heterocycles. The minimum Gasteiger partial charge on any atom is -0.317 e. The normalized spacial score (nSPS) is 17.2. The Kier molecular flexibility index (Phi) is 5.72. The zero-order valence-electron chi connectivity index (χ0n) is 12.2. The number of hydrogen-bond acceptors (Lipinski definition) is 5. The van der Waals surface area contributed by atoms with Crippen LogP contribution in [0, 0.1) is 0 Å². The highest BCUT2D eigenvalue weighted by Gasteiger charge is 2.21. The van der Waals surface area contributed by atoms with Gasteiger partial charge >= 0.3 is 0 Å². The van der Waals surface area contributed by atoms with Crippen LogP contribution in [-0.4, -0.2) is 50.8 Å². The first kappa shape index (κ1) is 14.4. The van der Waals surface area contributed by atoms with E-state index in [1.54, 1.807) is 0 Å². The Hall–Kier alpha value is -1.01. The highest BCUT2D eigenvalue weighted by molar-refractivity contribution is 4.85. The van der Waals surface area contributed by atoms with Gasteiger partial charge in [-0.25, -0.2) is 4.68 Å². The van der Waals surface area contributed by atoms with E-state index in [0.29, 0.717) is 6.04 Å². The number of nitrogens with one attached hydrogen (secondary N) is 1. The zero-order chi connectivity index (χ0) is 13.5. The fourth-order valence-electron chi connectivity index (χ4n) is 2.67. The molecule has 6 heteroatoms. The minimum atomic E-state index is 0.669. The maximum Gasteiger partial charge on any atom is 0.165 e. The van der Waals surface area contributed by atoms with Crippen molar-refractivity contribution in [2.24, 2.45) is 0 Å². The summed E-state index contributed by atoms with van der Waals surface area (Å²) in [6, 6.07) is 0.669. The van der Waals surface area contributed by atoms with Crippen LogP contribution >= 0.6 is 0 Å². The van der Waals surface area contributed by atoms with Gasteiger partial charge in [0.1, 0.15) is 0 Å². The molecule has 6 nitrogen and oxygen atoms in total. The molecule has 0 aliphatic carbocycles. The van der Waals surface area contributed by atoms with Crippen LogP contribution in [0.25, 0.3) is 0 Å². The molecule has 0 unspecified atom stereocenters. The Balaban J connectivity index is 1.95. The maximum atomic E-state index is 4.20. The Labute approximate surface area is 115 Å². The lowest BCUT2D eigenvalue weighted by atomic mass is 10.0. The Bertz CT molecular complexity index is 358. The van der Waals surface area contributed by atoms with E-state index in [2.05, 4.69) is 39.6 Å². The van der Waals surface area contributed by atoms with E-state index in [-0.39, 0.29) is 0 Å². The van der Waals surface area contributed by atoms with Gasteiger partial charge in [-0.2, -0.15) is 0 Å². The minimum absolute atomic E-state index is 0.669. The van der Waals surface area contributed by atoms with Crippen molar-refractivity contribution >= 4 is 0 Å². The summed E-state index contributed by atoms with van der Waals surface area (Å²) in [5.41, 5.74) is 0. The topological polar surface area (TPSA) is 58.9 Å². The zero-order valence-corrected chi connectivity index (χ0v) is 12.2. The summed E-state index contributed by atoms with van der Waals surface area (Å²) in [6.07, 6.45) is 4.76. The smallest absolute Gasteiger partial charge is 0.165 e. The van der Waals surface area contributed by atoms with E-state index in [0.717, 1.165) is 45.0 Å². The van der Waals surface area contributed by atoms with E-state index < -0.39 is 0 Å². The van der Waals surface area contributed by atoms with Gasteiger partial charge in [-0.05, 0) is 49.3 Å². The summed E-state index contributed by atoms with van der Waals surface area (Å²) in [5, 5.41) is 15.6. The molecule has 0 spiro atoms. The van der Waals surface area contributed by atoms with Crippen LogP contribution in [0.15, 0.2) is 0 Å². The van der Waals surface area contributed by atoms with Crippen LogP contribution in [0.3, 0.4) is 0 Å². The highest BCUT2D eigenvalue weighted by Crippen LogP contribution is 2.14. The monoisotopic (exact) mass is 266 g/mol. The Morgan fingerprint density at radius 3 is 2.79 bits per heavy atom. The molecular formula is C13H26N6. The lowest BCUT2D eigenvalue weighted by molar-refractivity contribution is 0.156. The van der Waals surface area contributed by atoms with Gasteiger partial charge in [-0.1, -0.05) is 20.3 Å². The quantitative estimate of drug-likeness (QED) is 0.799. The van der Waals surface area contributed by atoms with Crippen molar-refractivity contribution in [3.05, 3.63) is 5.82 Å². The third kappa shape index (κ3) is 3.98. The van der Waals surface area contributed by atoms with Gasteiger partial charge in [0.2, 0.25) is 0 Å². The molecule has 1 aliphatic heterocycles.